The first kappa shape index (κ1) is 13.2. The number of nitrogens with zero attached hydrogens (tertiary/aromatic N) is 1. The molecule has 0 aliphatic carbocycles. The Morgan fingerprint density at radius 1 is 1.05 bits per heavy atom. The van der Waals surface area contributed by atoms with E-state index in [1.807, 2.05) is 18.2 Å². The van der Waals surface area contributed by atoms with Gasteiger partial charge in [0.2, 0.25) is 0 Å². The van der Waals surface area contributed by atoms with Crippen LogP contribution in [0.2, 0.25) is 5.02 Å². The molecule has 0 atom stereocenters. The topological polar surface area (TPSA) is 29.5 Å². The molecule has 0 N–H and O–H groups in total. The van der Waals surface area contributed by atoms with Gasteiger partial charge in [0.25, 0.3) is 5.91 Å². The van der Waals surface area contributed by atoms with Crippen LogP contribution < -0.4 is 0 Å². The van der Waals surface area contributed by atoms with Crippen LogP contribution in [0.3, 0.4) is 0 Å². The Balaban J connectivity index is 1.84. The van der Waals surface area contributed by atoms with Crippen LogP contribution in [0.25, 0.3) is 0 Å². The van der Waals surface area contributed by atoms with Gasteiger partial charge in [0.05, 0.1) is 13.2 Å². The monoisotopic (exact) mass is 287 g/mol. The standard InChI is InChI=1S/C16H14ClNO2/c17-15-7-5-13(6-8-15)16(19)18-11-14-4-2-1-3-12(14)9-10-20-18/h1-8H,9-11H2. The van der Waals surface area contributed by atoms with E-state index in [1.165, 1.54) is 10.6 Å². The molecule has 0 saturated heterocycles. The summed E-state index contributed by atoms with van der Waals surface area (Å²) >= 11 is 5.84. The van der Waals surface area contributed by atoms with Crippen molar-refractivity contribution in [1.29, 1.82) is 0 Å². The summed E-state index contributed by atoms with van der Waals surface area (Å²) in [6.07, 6.45) is 0.820. The molecule has 3 nitrogen and oxygen atoms in total. The largest absolute Gasteiger partial charge is 0.277 e. The number of halogens is 1. The molecule has 102 valence electrons. The van der Waals surface area contributed by atoms with E-state index in [9.17, 15) is 4.79 Å². The molecule has 0 unspecified atom stereocenters. The molecular weight excluding hydrogens is 274 g/mol. The second-order valence-corrected chi connectivity index (χ2v) is 5.14. The first-order chi connectivity index (χ1) is 9.74. The van der Waals surface area contributed by atoms with E-state index < -0.39 is 0 Å². The zero-order valence-corrected chi connectivity index (χ0v) is 11.6. The Labute approximate surface area is 122 Å². The minimum Gasteiger partial charge on any atom is -0.270 e. The lowest BCUT2D eigenvalue weighted by Gasteiger charge is -2.19. The summed E-state index contributed by atoms with van der Waals surface area (Å²) in [7, 11) is 0. The first-order valence-electron chi connectivity index (χ1n) is 6.51. The molecule has 3 rings (SSSR count). The number of carbonyl (C=O) groups is 1. The SMILES string of the molecule is O=C(c1ccc(Cl)cc1)N1Cc2ccccc2CCO1. The van der Waals surface area contributed by atoms with Crippen molar-refractivity contribution in [3.63, 3.8) is 0 Å². The van der Waals surface area contributed by atoms with Gasteiger partial charge in [0.1, 0.15) is 0 Å². The first-order valence-corrected chi connectivity index (χ1v) is 6.89. The Kier molecular flexibility index (Phi) is 3.72. The third-order valence-corrected chi connectivity index (χ3v) is 3.62. The molecule has 1 aliphatic rings. The van der Waals surface area contributed by atoms with Gasteiger partial charge in [-0.3, -0.25) is 9.63 Å². The van der Waals surface area contributed by atoms with E-state index in [0.29, 0.717) is 23.7 Å². The molecule has 2 aromatic rings. The quantitative estimate of drug-likeness (QED) is 0.804. The summed E-state index contributed by atoms with van der Waals surface area (Å²) in [5, 5.41) is 2.04. The molecule has 0 saturated carbocycles. The molecular formula is C16H14ClNO2. The van der Waals surface area contributed by atoms with E-state index in [1.54, 1.807) is 24.3 Å². The average Bonchev–Trinajstić information content (AvgIpc) is 2.69. The molecule has 0 fully saturated rings. The van der Waals surface area contributed by atoms with Gasteiger partial charge in [-0.25, -0.2) is 5.06 Å². The van der Waals surface area contributed by atoms with Crippen molar-refractivity contribution in [2.45, 2.75) is 13.0 Å². The van der Waals surface area contributed by atoms with Crippen molar-refractivity contribution in [2.75, 3.05) is 6.61 Å². The summed E-state index contributed by atoms with van der Waals surface area (Å²) < 4.78 is 0. The van der Waals surface area contributed by atoms with Crippen LogP contribution in [0.15, 0.2) is 48.5 Å². The summed E-state index contributed by atoms with van der Waals surface area (Å²) in [4.78, 5) is 18.0. The zero-order chi connectivity index (χ0) is 13.9. The van der Waals surface area contributed by atoms with E-state index in [0.717, 1.165) is 12.0 Å². The predicted octanol–water partition coefficient (Wildman–Crippen LogP) is 3.47. The third kappa shape index (κ3) is 2.69. The molecule has 1 aliphatic heterocycles. The summed E-state index contributed by atoms with van der Waals surface area (Å²) in [6, 6.07) is 14.9. The molecule has 0 spiro atoms. The minimum absolute atomic E-state index is 0.140. The van der Waals surface area contributed by atoms with Crippen LogP contribution in [-0.4, -0.2) is 17.6 Å². The van der Waals surface area contributed by atoms with Crippen LogP contribution in [0, 0.1) is 0 Å². The van der Waals surface area contributed by atoms with Gasteiger partial charge in [-0.05, 0) is 41.8 Å². The van der Waals surface area contributed by atoms with E-state index >= 15 is 0 Å². The van der Waals surface area contributed by atoms with E-state index in [-0.39, 0.29) is 5.91 Å². The van der Waals surface area contributed by atoms with Crippen molar-refractivity contribution in [3.8, 4) is 0 Å². The zero-order valence-electron chi connectivity index (χ0n) is 10.9. The molecule has 0 bridgehead atoms. The molecule has 1 amide bonds. The highest BCUT2D eigenvalue weighted by Crippen LogP contribution is 2.19. The van der Waals surface area contributed by atoms with Crippen LogP contribution in [0.5, 0.6) is 0 Å². The van der Waals surface area contributed by atoms with Gasteiger partial charge < -0.3 is 0 Å². The lowest BCUT2D eigenvalue weighted by atomic mass is 10.1. The molecule has 0 aromatic heterocycles. The highest BCUT2D eigenvalue weighted by Gasteiger charge is 2.21. The van der Waals surface area contributed by atoms with Gasteiger partial charge in [-0.15, -0.1) is 0 Å². The minimum atomic E-state index is -0.140. The van der Waals surface area contributed by atoms with Crippen molar-refractivity contribution >= 4 is 17.5 Å². The molecule has 1 heterocycles. The lowest BCUT2D eigenvalue weighted by Crippen LogP contribution is -2.30. The summed E-state index contributed by atoms with van der Waals surface area (Å²) in [5.41, 5.74) is 2.94. The maximum atomic E-state index is 12.4. The van der Waals surface area contributed by atoms with Crippen LogP contribution in [0.1, 0.15) is 21.5 Å². The van der Waals surface area contributed by atoms with Gasteiger partial charge in [-0.1, -0.05) is 35.9 Å². The summed E-state index contributed by atoms with van der Waals surface area (Å²) in [6.45, 7) is 0.980. The summed E-state index contributed by atoms with van der Waals surface area (Å²) in [5.74, 6) is -0.140. The van der Waals surface area contributed by atoms with E-state index in [2.05, 4.69) is 6.07 Å². The number of rotatable bonds is 1. The lowest BCUT2D eigenvalue weighted by molar-refractivity contribution is -0.125. The Morgan fingerprint density at radius 3 is 2.50 bits per heavy atom. The number of hydrogen-bond donors (Lipinski definition) is 0. The van der Waals surface area contributed by atoms with Gasteiger partial charge in [0, 0.05) is 10.6 Å². The molecule has 4 heteroatoms. The average molecular weight is 288 g/mol. The van der Waals surface area contributed by atoms with Gasteiger partial charge in [0.15, 0.2) is 0 Å². The van der Waals surface area contributed by atoms with Crippen molar-refractivity contribution in [2.24, 2.45) is 0 Å². The van der Waals surface area contributed by atoms with Gasteiger partial charge >= 0.3 is 0 Å². The van der Waals surface area contributed by atoms with Crippen molar-refractivity contribution < 1.29 is 9.63 Å². The fraction of sp³-hybridized carbons (Fsp3) is 0.188. The van der Waals surface area contributed by atoms with Crippen LogP contribution in [0.4, 0.5) is 0 Å². The van der Waals surface area contributed by atoms with E-state index in [4.69, 9.17) is 16.4 Å². The maximum absolute atomic E-state index is 12.4. The molecule has 0 radical (unpaired) electrons. The Hall–Kier alpha value is -1.84. The highest BCUT2D eigenvalue weighted by atomic mass is 35.5. The van der Waals surface area contributed by atoms with Crippen LogP contribution in [-0.2, 0) is 17.8 Å². The third-order valence-electron chi connectivity index (χ3n) is 3.37. The number of hydrogen-bond acceptors (Lipinski definition) is 2. The fourth-order valence-electron chi connectivity index (χ4n) is 2.29. The Bertz CT molecular complexity index is 625. The normalized spacial score (nSPS) is 14.6. The molecule has 20 heavy (non-hydrogen) atoms. The van der Waals surface area contributed by atoms with Crippen molar-refractivity contribution in [1.82, 2.24) is 5.06 Å². The Morgan fingerprint density at radius 2 is 1.75 bits per heavy atom. The van der Waals surface area contributed by atoms with Crippen LogP contribution >= 0.6 is 11.6 Å². The highest BCUT2D eigenvalue weighted by molar-refractivity contribution is 6.30. The number of fused-ring (bicyclic) bond motifs is 1. The predicted molar refractivity (Wildman–Crippen MR) is 77.4 cm³/mol. The fourth-order valence-corrected chi connectivity index (χ4v) is 2.41. The number of benzene rings is 2. The van der Waals surface area contributed by atoms with Gasteiger partial charge in [-0.2, -0.15) is 0 Å². The number of carbonyl (C=O) groups excluding carboxylic acids is 1. The second-order valence-electron chi connectivity index (χ2n) is 4.70. The number of amides is 1. The molecule has 2 aromatic carbocycles. The number of hydroxylamine groups is 2. The second kappa shape index (κ2) is 5.65. The maximum Gasteiger partial charge on any atom is 0.277 e. The van der Waals surface area contributed by atoms with Crippen molar-refractivity contribution in [3.05, 3.63) is 70.2 Å². The smallest absolute Gasteiger partial charge is 0.270 e.